The molecule has 1 heterocycles. The van der Waals surface area contributed by atoms with Gasteiger partial charge in [0.05, 0.1) is 5.41 Å². The quantitative estimate of drug-likeness (QED) is 0.890. The minimum atomic E-state index is -0.277. The normalized spacial score (nSPS) is 22.7. The zero-order valence-corrected chi connectivity index (χ0v) is 12.3. The van der Waals surface area contributed by atoms with Crippen molar-refractivity contribution in [3.05, 3.63) is 34.9 Å². The Morgan fingerprint density at radius 2 is 2.21 bits per heavy atom. The zero-order chi connectivity index (χ0) is 13.9. The number of carbonyl (C=O) groups excluding carboxylic acids is 1. The lowest BCUT2D eigenvalue weighted by molar-refractivity contribution is -0.132. The lowest BCUT2D eigenvalue weighted by atomic mass is 9.75. The Balaban J connectivity index is 2.03. The molecule has 1 fully saturated rings. The molecule has 104 valence electrons. The fourth-order valence-electron chi connectivity index (χ4n) is 2.65. The molecule has 3 nitrogen and oxygen atoms in total. The topological polar surface area (TPSA) is 41.1 Å². The number of rotatable bonds is 4. The van der Waals surface area contributed by atoms with Crippen molar-refractivity contribution in [1.29, 1.82) is 0 Å². The van der Waals surface area contributed by atoms with Crippen LogP contribution < -0.4 is 10.6 Å². The van der Waals surface area contributed by atoms with Crippen LogP contribution in [0.5, 0.6) is 0 Å². The summed E-state index contributed by atoms with van der Waals surface area (Å²) in [7, 11) is 0. The summed E-state index contributed by atoms with van der Waals surface area (Å²) in [6, 6.07) is 7.61. The van der Waals surface area contributed by atoms with Crippen LogP contribution in [0.25, 0.3) is 0 Å². The molecule has 0 saturated carbocycles. The SMILES string of the molecule is CC(C)C1(C(=O)NCc2ccccc2Cl)CCNC1. The van der Waals surface area contributed by atoms with Crippen LogP contribution >= 0.6 is 11.6 Å². The number of hydrogen-bond donors (Lipinski definition) is 2. The molecule has 0 aromatic heterocycles. The largest absolute Gasteiger partial charge is 0.351 e. The van der Waals surface area contributed by atoms with Crippen molar-refractivity contribution in [2.45, 2.75) is 26.8 Å². The maximum Gasteiger partial charge on any atom is 0.228 e. The summed E-state index contributed by atoms with van der Waals surface area (Å²) in [6.07, 6.45) is 0.902. The molecule has 0 spiro atoms. The van der Waals surface area contributed by atoms with Crippen LogP contribution in [0.15, 0.2) is 24.3 Å². The molecule has 0 aliphatic carbocycles. The van der Waals surface area contributed by atoms with Gasteiger partial charge >= 0.3 is 0 Å². The summed E-state index contributed by atoms with van der Waals surface area (Å²) in [5.41, 5.74) is 0.684. The highest BCUT2D eigenvalue weighted by Crippen LogP contribution is 2.34. The molecule has 4 heteroatoms. The van der Waals surface area contributed by atoms with E-state index in [1.165, 1.54) is 0 Å². The van der Waals surface area contributed by atoms with Gasteiger partial charge in [0.25, 0.3) is 0 Å². The van der Waals surface area contributed by atoms with Crippen LogP contribution in [0.4, 0.5) is 0 Å². The second-order valence-electron chi connectivity index (χ2n) is 5.51. The fourth-order valence-corrected chi connectivity index (χ4v) is 2.86. The average Bonchev–Trinajstić information content (AvgIpc) is 2.88. The lowest BCUT2D eigenvalue weighted by Crippen LogP contribution is -2.45. The molecule has 1 aliphatic rings. The molecule has 1 saturated heterocycles. The Bertz CT molecular complexity index is 453. The van der Waals surface area contributed by atoms with Gasteiger partial charge in [-0.3, -0.25) is 4.79 Å². The molecule has 1 unspecified atom stereocenters. The highest BCUT2D eigenvalue weighted by molar-refractivity contribution is 6.31. The molecule has 0 bridgehead atoms. The highest BCUT2D eigenvalue weighted by atomic mass is 35.5. The second-order valence-corrected chi connectivity index (χ2v) is 5.92. The van der Waals surface area contributed by atoms with Crippen LogP contribution in [0.1, 0.15) is 25.8 Å². The minimum absolute atomic E-state index is 0.132. The average molecular weight is 281 g/mol. The predicted molar refractivity (Wildman–Crippen MR) is 78.1 cm³/mol. The van der Waals surface area contributed by atoms with E-state index in [1.54, 1.807) is 0 Å². The van der Waals surface area contributed by atoms with Crippen molar-refractivity contribution in [2.75, 3.05) is 13.1 Å². The van der Waals surface area contributed by atoms with E-state index < -0.39 is 0 Å². The number of carbonyl (C=O) groups is 1. The predicted octanol–water partition coefficient (Wildman–Crippen LogP) is 2.59. The second kappa shape index (κ2) is 5.93. The number of amides is 1. The van der Waals surface area contributed by atoms with Crippen LogP contribution in [0.3, 0.4) is 0 Å². The van der Waals surface area contributed by atoms with E-state index in [-0.39, 0.29) is 11.3 Å². The molecular weight excluding hydrogens is 260 g/mol. The van der Waals surface area contributed by atoms with Gasteiger partial charge in [-0.15, -0.1) is 0 Å². The summed E-state index contributed by atoms with van der Waals surface area (Å²) >= 11 is 6.10. The first kappa shape index (κ1) is 14.4. The third kappa shape index (κ3) is 2.93. The maximum absolute atomic E-state index is 12.5. The molecule has 1 aromatic carbocycles. The number of halogens is 1. The smallest absolute Gasteiger partial charge is 0.228 e. The van der Waals surface area contributed by atoms with Gasteiger partial charge in [-0.25, -0.2) is 0 Å². The molecule has 1 atom stereocenters. The van der Waals surface area contributed by atoms with Crippen molar-refractivity contribution >= 4 is 17.5 Å². The Hall–Kier alpha value is -1.06. The van der Waals surface area contributed by atoms with E-state index in [2.05, 4.69) is 24.5 Å². The first-order chi connectivity index (χ1) is 9.06. The van der Waals surface area contributed by atoms with Crippen molar-refractivity contribution < 1.29 is 4.79 Å². The molecule has 2 N–H and O–H groups in total. The first-order valence-electron chi connectivity index (χ1n) is 6.79. The van der Waals surface area contributed by atoms with E-state index in [0.717, 1.165) is 25.1 Å². The molecular formula is C15H21ClN2O. The van der Waals surface area contributed by atoms with Crippen LogP contribution in [0.2, 0.25) is 5.02 Å². The van der Waals surface area contributed by atoms with Crippen LogP contribution in [-0.4, -0.2) is 19.0 Å². The summed E-state index contributed by atoms with van der Waals surface area (Å²) in [6.45, 7) is 6.40. The molecule has 1 aromatic rings. The summed E-state index contributed by atoms with van der Waals surface area (Å²) in [5, 5.41) is 7.04. The van der Waals surface area contributed by atoms with E-state index in [0.29, 0.717) is 17.5 Å². The molecule has 2 rings (SSSR count). The number of hydrogen-bond acceptors (Lipinski definition) is 2. The summed E-state index contributed by atoms with van der Waals surface area (Å²) in [5.74, 6) is 0.459. The monoisotopic (exact) mass is 280 g/mol. The molecule has 1 amide bonds. The Labute approximate surface area is 119 Å². The van der Waals surface area contributed by atoms with Gasteiger partial charge in [-0.1, -0.05) is 43.6 Å². The zero-order valence-electron chi connectivity index (χ0n) is 11.5. The van der Waals surface area contributed by atoms with Gasteiger partial charge in [0.15, 0.2) is 0 Å². The van der Waals surface area contributed by atoms with Crippen LogP contribution in [0, 0.1) is 11.3 Å². The van der Waals surface area contributed by atoms with Gasteiger partial charge in [-0.2, -0.15) is 0 Å². The van der Waals surface area contributed by atoms with E-state index in [1.807, 2.05) is 24.3 Å². The van der Waals surface area contributed by atoms with Crippen molar-refractivity contribution in [1.82, 2.24) is 10.6 Å². The summed E-state index contributed by atoms with van der Waals surface area (Å²) in [4.78, 5) is 12.5. The Morgan fingerprint density at radius 1 is 1.47 bits per heavy atom. The van der Waals surface area contributed by atoms with Crippen molar-refractivity contribution in [3.63, 3.8) is 0 Å². The summed E-state index contributed by atoms with van der Waals surface area (Å²) < 4.78 is 0. The molecule has 0 radical (unpaired) electrons. The van der Waals surface area contributed by atoms with Gasteiger partial charge in [-0.05, 0) is 30.5 Å². The van der Waals surface area contributed by atoms with Gasteiger partial charge in [0.1, 0.15) is 0 Å². The van der Waals surface area contributed by atoms with Crippen molar-refractivity contribution in [3.8, 4) is 0 Å². The van der Waals surface area contributed by atoms with E-state index >= 15 is 0 Å². The molecule has 19 heavy (non-hydrogen) atoms. The standard InChI is InChI=1S/C15H21ClN2O/c1-11(2)15(7-8-17-10-15)14(19)18-9-12-5-3-4-6-13(12)16/h3-6,11,17H,7-10H2,1-2H3,(H,18,19). The molecule has 1 aliphatic heterocycles. The Morgan fingerprint density at radius 3 is 2.79 bits per heavy atom. The third-order valence-corrected chi connectivity index (χ3v) is 4.51. The van der Waals surface area contributed by atoms with Crippen molar-refractivity contribution in [2.24, 2.45) is 11.3 Å². The van der Waals surface area contributed by atoms with Gasteiger partial charge in [0, 0.05) is 18.1 Å². The van der Waals surface area contributed by atoms with E-state index in [9.17, 15) is 4.79 Å². The lowest BCUT2D eigenvalue weighted by Gasteiger charge is -2.31. The minimum Gasteiger partial charge on any atom is -0.351 e. The number of nitrogens with one attached hydrogen (secondary N) is 2. The fraction of sp³-hybridized carbons (Fsp3) is 0.533. The Kier molecular flexibility index (Phi) is 4.48. The van der Waals surface area contributed by atoms with Gasteiger partial charge < -0.3 is 10.6 Å². The van der Waals surface area contributed by atoms with E-state index in [4.69, 9.17) is 11.6 Å². The van der Waals surface area contributed by atoms with Gasteiger partial charge in [0.2, 0.25) is 5.91 Å². The maximum atomic E-state index is 12.5. The third-order valence-electron chi connectivity index (χ3n) is 4.14. The number of benzene rings is 1. The highest BCUT2D eigenvalue weighted by Gasteiger charge is 2.43. The first-order valence-corrected chi connectivity index (χ1v) is 7.16. The van der Waals surface area contributed by atoms with Crippen LogP contribution in [-0.2, 0) is 11.3 Å².